The first-order chi connectivity index (χ1) is 7.84. The lowest BCUT2D eigenvalue weighted by atomic mass is 10.0. The van der Waals surface area contributed by atoms with Gasteiger partial charge < -0.3 is 5.73 Å². The van der Waals surface area contributed by atoms with Crippen molar-refractivity contribution in [3.8, 4) is 0 Å². The van der Waals surface area contributed by atoms with Gasteiger partial charge in [-0.3, -0.25) is 0 Å². The van der Waals surface area contributed by atoms with E-state index in [0.29, 0.717) is 0 Å². The first kappa shape index (κ1) is 12.7. The molecule has 1 nitrogen and oxygen atoms in total. The van der Waals surface area contributed by atoms with Crippen molar-refractivity contribution in [3.05, 3.63) is 60.7 Å². The Morgan fingerprint density at radius 3 is 2.56 bits per heavy atom. The first-order valence-corrected chi connectivity index (χ1v) is 5.91. The van der Waals surface area contributed by atoms with Gasteiger partial charge in [-0.1, -0.05) is 48.6 Å². The third kappa shape index (κ3) is 4.94. The van der Waals surface area contributed by atoms with Gasteiger partial charge in [-0.15, -0.1) is 6.58 Å². The molecule has 86 valence electrons. The molecular formula is C15H21N. The zero-order chi connectivity index (χ0) is 11.6. The maximum atomic E-state index is 6.07. The first-order valence-electron chi connectivity index (χ1n) is 5.91. The summed E-state index contributed by atoms with van der Waals surface area (Å²) < 4.78 is 0. The fraction of sp³-hybridized carbons (Fsp3) is 0.333. The van der Waals surface area contributed by atoms with Crippen molar-refractivity contribution in [1.82, 2.24) is 0 Å². The predicted molar refractivity (Wildman–Crippen MR) is 71.2 cm³/mol. The van der Waals surface area contributed by atoms with E-state index in [0.717, 1.165) is 19.3 Å². The third-order valence-electron chi connectivity index (χ3n) is 2.56. The lowest BCUT2D eigenvalue weighted by Gasteiger charge is -2.08. The molecule has 0 fully saturated rings. The summed E-state index contributed by atoms with van der Waals surface area (Å²) in [4.78, 5) is 0. The number of rotatable bonds is 7. The predicted octanol–water partition coefficient (Wildman–Crippen LogP) is 3.99. The Labute approximate surface area is 98.7 Å². The molecule has 0 spiro atoms. The zero-order valence-electron chi connectivity index (χ0n) is 9.81. The van der Waals surface area contributed by atoms with Crippen LogP contribution < -0.4 is 5.73 Å². The summed E-state index contributed by atoms with van der Waals surface area (Å²) in [5.74, 6) is 0. The normalized spacial score (nSPS) is 12.8. The van der Waals surface area contributed by atoms with Gasteiger partial charge in [0, 0.05) is 6.04 Å². The molecule has 0 aliphatic rings. The number of benzene rings is 1. The van der Waals surface area contributed by atoms with E-state index in [1.165, 1.54) is 12.0 Å². The molecule has 1 heteroatoms. The fourth-order valence-electron chi connectivity index (χ4n) is 1.58. The highest BCUT2D eigenvalue weighted by Crippen LogP contribution is 2.13. The average molecular weight is 215 g/mol. The van der Waals surface area contributed by atoms with Crippen LogP contribution in [0.4, 0.5) is 0 Å². The minimum Gasteiger partial charge on any atom is -0.324 e. The van der Waals surface area contributed by atoms with Gasteiger partial charge in [0.15, 0.2) is 0 Å². The van der Waals surface area contributed by atoms with Crippen LogP contribution in [0.1, 0.15) is 37.3 Å². The van der Waals surface area contributed by atoms with Crippen LogP contribution in [0.15, 0.2) is 55.1 Å². The molecule has 1 rings (SSSR count). The summed E-state index contributed by atoms with van der Waals surface area (Å²) >= 11 is 0. The van der Waals surface area contributed by atoms with E-state index in [2.05, 4.69) is 30.9 Å². The van der Waals surface area contributed by atoms with Crippen LogP contribution in [0.25, 0.3) is 0 Å². The van der Waals surface area contributed by atoms with E-state index in [1.807, 2.05) is 24.3 Å². The minimum absolute atomic E-state index is 0.122. The van der Waals surface area contributed by atoms with Gasteiger partial charge in [0.25, 0.3) is 0 Å². The fourth-order valence-corrected chi connectivity index (χ4v) is 1.58. The highest BCUT2D eigenvalue weighted by Gasteiger charge is 2.01. The standard InChI is InChI=1S/C15H21N/c1-2-3-4-5-6-10-13-15(16)14-11-8-7-9-12-14/h2,6-12,15H,1,3-5,13,16H2. The zero-order valence-corrected chi connectivity index (χ0v) is 9.81. The Hall–Kier alpha value is -1.34. The Balaban J connectivity index is 2.25. The molecule has 0 radical (unpaired) electrons. The van der Waals surface area contributed by atoms with Crippen LogP contribution in [0.3, 0.4) is 0 Å². The van der Waals surface area contributed by atoms with E-state index >= 15 is 0 Å². The molecule has 0 aromatic heterocycles. The van der Waals surface area contributed by atoms with Gasteiger partial charge in [0.1, 0.15) is 0 Å². The van der Waals surface area contributed by atoms with Crippen LogP contribution in [0, 0.1) is 0 Å². The average Bonchev–Trinajstić information content (AvgIpc) is 2.34. The molecule has 0 bridgehead atoms. The maximum Gasteiger partial charge on any atom is 0.0329 e. The summed E-state index contributed by atoms with van der Waals surface area (Å²) in [5, 5.41) is 0. The molecule has 0 aliphatic heterocycles. The van der Waals surface area contributed by atoms with Crippen molar-refractivity contribution >= 4 is 0 Å². The lowest BCUT2D eigenvalue weighted by Crippen LogP contribution is -2.08. The number of allylic oxidation sites excluding steroid dienone is 2. The molecular weight excluding hydrogens is 194 g/mol. The molecule has 0 aliphatic carbocycles. The topological polar surface area (TPSA) is 26.0 Å². The smallest absolute Gasteiger partial charge is 0.0329 e. The molecule has 1 atom stereocenters. The number of hydrogen-bond donors (Lipinski definition) is 1. The van der Waals surface area contributed by atoms with Crippen molar-refractivity contribution in [2.45, 2.75) is 31.7 Å². The summed E-state index contributed by atoms with van der Waals surface area (Å²) in [6, 6.07) is 10.4. The molecule has 0 saturated carbocycles. The number of unbranched alkanes of at least 4 members (excludes halogenated alkanes) is 2. The van der Waals surface area contributed by atoms with E-state index < -0.39 is 0 Å². The minimum atomic E-state index is 0.122. The largest absolute Gasteiger partial charge is 0.324 e. The second-order valence-corrected chi connectivity index (χ2v) is 3.94. The molecule has 2 N–H and O–H groups in total. The Morgan fingerprint density at radius 2 is 1.88 bits per heavy atom. The second kappa shape index (κ2) is 7.89. The van der Waals surface area contributed by atoms with E-state index in [1.54, 1.807) is 0 Å². The van der Waals surface area contributed by atoms with Gasteiger partial charge in [-0.2, -0.15) is 0 Å². The Kier molecular flexibility index (Phi) is 6.28. The van der Waals surface area contributed by atoms with E-state index in [9.17, 15) is 0 Å². The Morgan fingerprint density at radius 1 is 1.12 bits per heavy atom. The summed E-state index contributed by atoms with van der Waals surface area (Å²) in [6.07, 6.45) is 10.7. The van der Waals surface area contributed by atoms with Crippen molar-refractivity contribution in [2.24, 2.45) is 5.73 Å². The lowest BCUT2D eigenvalue weighted by molar-refractivity contribution is 0.737. The molecule has 0 amide bonds. The van der Waals surface area contributed by atoms with Gasteiger partial charge in [-0.05, 0) is 31.2 Å². The summed E-state index contributed by atoms with van der Waals surface area (Å²) in [5.41, 5.74) is 7.28. The van der Waals surface area contributed by atoms with Crippen LogP contribution in [-0.4, -0.2) is 0 Å². The third-order valence-corrected chi connectivity index (χ3v) is 2.56. The van der Waals surface area contributed by atoms with Crippen LogP contribution in [-0.2, 0) is 0 Å². The molecule has 0 saturated heterocycles. The molecule has 1 aromatic rings. The second-order valence-electron chi connectivity index (χ2n) is 3.94. The van der Waals surface area contributed by atoms with Crippen molar-refractivity contribution < 1.29 is 0 Å². The number of hydrogen-bond acceptors (Lipinski definition) is 1. The Bertz CT molecular complexity index is 313. The molecule has 1 unspecified atom stereocenters. The van der Waals surface area contributed by atoms with Gasteiger partial charge >= 0.3 is 0 Å². The molecule has 16 heavy (non-hydrogen) atoms. The van der Waals surface area contributed by atoms with E-state index in [4.69, 9.17) is 5.73 Å². The van der Waals surface area contributed by atoms with Crippen LogP contribution in [0.5, 0.6) is 0 Å². The van der Waals surface area contributed by atoms with Crippen molar-refractivity contribution in [1.29, 1.82) is 0 Å². The van der Waals surface area contributed by atoms with Gasteiger partial charge in [0.05, 0.1) is 0 Å². The summed E-state index contributed by atoms with van der Waals surface area (Å²) in [6.45, 7) is 3.70. The van der Waals surface area contributed by atoms with Gasteiger partial charge in [-0.25, -0.2) is 0 Å². The molecule has 0 heterocycles. The van der Waals surface area contributed by atoms with Crippen molar-refractivity contribution in [3.63, 3.8) is 0 Å². The number of nitrogens with two attached hydrogens (primary N) is 1. The van der Waals surface area contributed by atoms with Crippen LogP contribution >= 0.6 is 0 Å². The van der Waals surface area contributed by atoms with Crippen molar-refractivity contribution in [2.75, 3.05) is 0 Å². The van der Waals surface area contributed by atoms with Gasteiger partial charge in [0.2, 0.25) is 0 Å². The monoisotopic (exact) mass is 215 g/mol. The van der Waals surface area contributed by atoms with E-state index in [-0.39, 0.29) is 6.04 Å². The highest BCUT2D eigenvalue weighted by atomic mass is 14.6. The maximum absolute atomic E-state index is 6.07. The SMILES string of the molecule is C=CCCCC=CCC(N)c1ccccc1. The van der Waals surface area contributed by atoms with Crippen LogP contribution in [0.2, 0.25) is 0 Å². The quantitative estimate of drug-likeness (QED) is 0.540. The highest BCUT2D eigenvalue weighted by molar-refractivity contribution is 5.19. The summed E-state index contributed by atoms with van der Waals surface area (Å²) in [7, 11) is 0. The molecule has 1 aromatic carbocycles.